The van der Waals surface area contributed by atoms with Crippen LogP contribution in [0.3, 0.4) is 0 Å². The number of carbonyl (C=O) groups excluding carboxylic acids is 1. The molecule has 0 saturated carbocycles. The van der Waals surface area contributed by atoms with E-state index in [0.717, 1.165) is 11.3 Å². The van der Waals surface area contributed by atoms with Gasteiger partial charge in [-0.05, 0) is 32.2 Å². The first kappa shape index (κ1) is 6.43. The average Bonchev–Trinajstić information content (AvgIpc) is 2.29. The second kappa shape index (κ2) is 3.79. The molecule has 13 heavy (non-hydrogen) atoms. The van der Waals surface area contributed by atoms with E-state index in [0.29, 0.717) is 0 Å². The van der Waals surface area contributed by atoms with Crippen LogP contribution in [0.1, 0.15) is 24.9 Å². The van der Waals surface area contributed by atoms with Gasteiger partial charge in [0.25, 0.3) is 0 Å². The van der Waals surface area contributed by atoms with Crippen LogP contribution in [-0.4, -0.2) is 11.7 Å². The third kappa shape index (κ3) is 3.94. The average molecular weight is 202 g/mol. The van der Waals surface area contributed by atoms with Crippen LogP contribution in [-0.2, 0) is 4.74 Å². The summed E-state index contributed by atoms with van der Waals surface area (Å²) < 4.78 is 27.3. The van der Waals surface area contributed by atoms with Gasteiger partial charge in [-0.25, -0.2) is 4.79 Å². The first-order valence-corrected chi connectivity index (χ1v) is 4.59. The predicted octanol–water partition coefficient (Wildman–Crippen LogP) is 3.10. The topological polar surface area (TPSA) is 38.3 Å². The molecule has 4 heteroatoms. The van der Waals surface area contributed by atoms with E-state index < -0.39 is 11.7 Å². The summed E-state index contributed by atoms with van der Waals surface area (Å²) in [5, 5.41) is 2.25. The molecule has 1 rings (SSSR count). The smallest absolute Gasteiger partial charge is 0.412 e. The Labute approximate surface area is 85.9 Å². The summed E-state index contributed by atoms with van der Waals surface area (Å²) in [4.78, 5) is 11.4. The van der Waals surface area contributed by atoms with E-state index >= 15 is 0 Å². The lowest BCUT2D eigenvalue weighted by atomic mass is 10.2. The highest BCUT2D eigenvalue weighted by atomic mass is 32.1. The fraction of sp³-hybridized carbons (Fsp3) is 0.444. The normalized spacial score (nSPS) is 14.2. The van der Waals surface area contributed by atoms with Crippen molar-refractivity contribution < 1.29 is 13.6 Å². The van der Waals surface area contributed by atoms with Gasteiger partial charge < -0.3 is 4.74 Å². The molecular formula is C9H13NO2S. The Kier molecular flexibility index (Phi) is 1.87. The minimum Gasteiger partial charge on any atom is -0.444 e. The first-order chi connectivity index (χ1) is 7.20. The lowest BCUT2D eigenvalue weighted by Gasteiger charge is -2.19. The summed E-state index contributed by atoms with van der Waals surface area (Å²) in [7, 11) is 0. The molecular weight excluding hydrogens is 186 g/mol. The summed E-state index contributed by atoms with van der Waals surface area (Å²) in [6.07, 6.45) is -0.715. The van der Waals surface area contributed by atoms with E-state index in [1.807, 2.05) is 0 Å². The third-order valence-electron chi connectivity index (χ3n) is 1.01. The van der Waals surface area contributed by atoms with E-state index in [1.165, 1.54) is 0 Å². The molecule has 0 aliphatic carbocycles. The van der Waals surface area contributed by atoms with Crippen LogP contribution in [0.5, 0.6) is 0 Å². The van der Waals surface area contributed by atoms with Crippen molar-refractivity contribution in [3.05, 3.63) is 16.8 Å². The van der Waals surface area contributed by atoms with Gasteiger partial charge in [-0.3, -0.25) is 5.32 Å². The molecule has 0 aliphatic rings. The van der Waals surface area contributed by atoms with E-state index in [4.69, 9.17) is 8.85 Å². The fourth-order valence-electron chi connectivity index (χ4n) is 0.641. The molecule has 1 N–H and O–H groups in total. The van der Waals surface area contributed by atoms with Crippen molar-refractivity contribution in [3.8, 4) is 0 Å². The van der Waals surface area contributed by atoms with Crippen LogP contribution in [0, 0.1) is 0 Å². The zero-order chi connectivity index (χ0) is 12.5. The molecule has 1 heterocycles. The summed E-state index contributed by atoms with van der Waals surface area (Å²) in [5.41, 5.74) is -0.599. The molecule has 0 atom stereocenters. The molecule has 0 saturated heterocycles. The van der Waals surface area contributed by atoms with Gasteiger partial charge in [-0.15, -0.1) is 0 Å². The maximum Gasteiger partial charge on any atom is 0.412 e. The van der Waals surface area contributed by atoms with E-state index in [-0.39, 0.29) is 22.4 Å². The summed E-state index contributed by atoms with van der Waals surface area (Å²) >= 11 is 0.831. The molecule has 1 aromatic heterocycles. The Bertz CT molecular complexity index is 412. The molecule has 0 aliphatic heterocycles. The number of nitrogens with one attached hydrogen (secondary N) is 1. The van der Waals surface area contributed by atoms with Crippen molar-refractivity contribution in [3.63, 3.8) is 0 Å². The maximum atomic E-state index is 11.4. The molecule has 1 aromatic rings. The number of anilines is 1. The Balaban J connectivity index is 2.78. The second-order valence-electron chi connectivity index (χ2n) is 3.43. The van der Waals surface area contributed by atoms with Crippen LogP contribution in [0.4, 0.5) is 10.5 Å². The Morgan fingerprint density at radius 3 is 2.85 bits per heavy atom. The zero-order valence-corrected chi connectivity index (χ0v) is 8.54. The maximum absolute atomic E-state index is 11.4. The Hall–Kier alpha value is -1.03. The standard InChI is InChI=1S/C9H13NO2S/c1-9(2,3)12-8(11)10-7-4-5-13-6-7/h4-6H,1-3H3,(H,10,11)/i4D,5D,6D. The lowest BCUT2D eigenvalue weighted by molar-refractivity contribution is 0.0636. The van der Waals surface area contributed by atoms with E-state index in [1.54, 1.807) is 20.8 Å². The number of amides is 1. The second-order valence-corrected chi connectivity index (χ2v) is 4.05. The molecule has 0 bridgehead atoms. The van der Waals surface area contributed by atoms with Crippen LogP contribution in [0.2, 0.25) is 0 Å². The Morgan fingerprint density at radius 2 is 2.38 bits per heavy atom. The number of hydrogen-bond acceptors (Lipinski definition) is 3. The van der Waals surface area contributed by atoms with Crippen LogP contribution < -0.4 is 5.32 Å². The number of ether oxygens (including phenoxy) is 1. The highest BCUT2D eigenvalue weighted by Gasteiger charge is 2.15. The van der Waals surface area contributed by atoms with Crippen molar-refractivity contribution in [2.45, 2.75) is 26.4 Å². The van der Waals surface area contributed by atoms with Crippen LogP contribution in [0.15, 0.2) is 16.8 Å². The number of hydrogen-bond donors (Lipinski definition) is 1. The van der Waals surface area contributed by atoms with E-state index in [2.05, 4.69) is 5.32 Å². The number of carbonyl (C=O) groups is 1. The quantitative estimate of drug-likeness (QED) is 0.760. The zero-order valence-electron chi connectivity index (χ0n) is 10.7. The van der Waals surface area contributed by atoms with Gasteiger partial charge in [0.05, 0.1) is 9.80 Å². The molecule has 1 amide bonds. The SMILES string of the molecule is [2H]c1sc([2H])c(NC(=O)OC(C)(C)C)c1[2H]. The van der Waals surface area contributed by atoms with Crippen LogP contribution >= 0.6 is 11.3 Å². The van der Waals surface area contributed by atoms with Gasteiger partial charge in [-0.2, -0.15) is 11.3 Å². The van der Waals surface area contributed by atoms with Crippen molar-refractivity contribution in [2.24, 2.45) is 0 Å². The minimum absolute atomic E-state index is 0.0131. The van der Waals surface area contributed by atoms with Crippen molar-refractivity contribution in [1.29, 1.82) is 0 Å². The van der Waals surface area contributed by atoms with Crippen molar-refractivity contribution in [1.82, 2.24) is 0 Å². The highest BCUT2D eigenvalue weighted by Crippen LogP contribution is 2.14. The van der Waals surface area contributed by atoms with Gasteiger partial charge in [-0.1, -0.05) is 0 Å². The van der Waals surface area contributed by atoms with Gasteiger partial charge in [0.15, 0.2) is 0 Å². The Morgan fingerprint density at radius 1 is 1.69 bits per heavy atom. The van der Waals surface area contributed by atoms with Crippen LogP contribution in [0.25, 0.3) is 0 Å². The minimum atomic E-state index is -0.715. The van der Waals surface area contributed by atoms with Gasteiger partial charge >= 0.3 is 6.09 Å². The van der Waals surface area contributed by atoms with Crippen molar-refractivity contribution >= 4 is 23.1 Å². The summed E-state index contributed by atoms with van der Waals surface area (Å²) in [6, 6.07) is -0.152. The number of rotatable bonds is 1. The van der Waals surface area contributed by atoms with Gasteiger partial charge in [0.1, 0.15) is 5.60 Å². The number of thiophene rings is 1. The first-order valence-electron chi connectivity index (χ1n) is 5.27. The summed E-state index contributed by atoms with van der Waals surface area (Å²) in [5.74, 6) is 0. The van der Waals surface area contributed by atoms with Gasteiger partial charge in [0.2, 0.25) is 0 Å². The van der Waals surface area contributed by atoms with Crippen molar-refractivity contribution in [2.75, 3.05) is 5.32 Å². The van der Waals surface area contributed by atoms with Gasteiger partial charge in [0, 0.05) is 5.36 Å². The lowest BCUT2D eigenvalue weighted by Crippen LogP contribution is -2.27. The fourth-order valence-corrected chi connectivity index (χ4v) is 1.05. The molecule has 0 unspecified atom stereocenters. The third-order valence-corrected chi connectivity index (χ3v) is 1.52. The van der Waals surface area contributed by atoms with E-state index in [9.17, 15) is 4.79 Å². The summed E-state index contributed by atoms with van der Waals surface area (Å²) in [6.45, 7) is 5.16. The molecule has 0 spiro atoms. The molecule has 72 valence electrons. The predicted molar refractivity (Wildman–Crippen MR) is 54.2 cm³/mol. The molecule has 3 nitrogen and oxygen atoms in total. The largest absolute Gasteiger partial charge is 0.444 e. The molecule has 0 aromatic carbocycles. The monoisotopic (exact) mass is 202 g/mol. The highest BCUT2D eigenvalue weighted by molar-refractivity contribution is 7.08. The molecule has 0 fully saturated rings. The molecule has 0 radical (unpaired) electrons.